The van der Waals surface area contributed by atoms with Gasteiger partial charge in [0.25, 0.3) is 0 Å². The van der Waals surface area contributed by atoms with Crippen molar-refractivity contribution in [2.45, 2.75) is 6.92 Å². The number of ketones is 2. The highest BCUT2D eigenvalue weighted by molar-refractivity contribution is 6.29. The van der Waals surface area contributed by atoms with E-state index in [-0.39, 0.29) is 28.4 Å². The normalized spacial score (nSPS) is 12.3. The first-order chi connectivity index (χ1) is 12.6. The van der Waals surface area contributed by atoms with Gasteiger partial charge in [-0.05, 0) is 25.1 Å². The molecule has 3 aromatic rings. The Labute approximate surface area is 150 Å². The van der Waals surface area contributed by atoms with Gasteiger partial charge in [-0.15, -0.1) is 0 Å². The SMILES string of the molecule is Cc1cccc(C(=O)Oc2cccc3c2C(=O)c2ccccc2C3=O)c1. The summed E-state index contributed by atoms with van der Waals surface area (Å²) in [7, 11) is 0. The van der Waals surface area contributed by atoms with Gasteiger partial charge in [0.05, 0.1) is 11.1 Å². The third-order valence-electron chi connectivity index (χ3n) is 4.37. The van der Waals surface area contributed by atoms with Gasteiger partial charge in [0.1, 0.15) is 5.75 Å². The zero-order valence-corrected chi connectivity index (χ0v) is 14.0. The quantitative estimate of drug-likeness (QED) is 0.408. The minimum absolute atomic E-state index is 0.0989. The Morgan fingerprint density at radius 1 is 0.769 bits per heavy atom. The number of rotatable bonds is 2. The van der Waals surface area contributed by atoms with E-state index in [1.54, 1.807) is 54.6 Å². The number of aryl methyl sites for hydroxylation is 1. The number of ether oxygens (including phenoxy) is 1. The molecular weight excluding hydrogens is 328 g/mol. The number of esters is 1. The molecule has 0 aliphatic heterocycles. The average molecular weight is 342 g/mol. The lowest BCUT2D eigenvalue weighted by Crippen LogP contribution is -2.22. The van der Waals surface area contributed by atoms with Gasteiger partial charge in [-0.25, -0.2) is 4.79 Å². The number of fused-ring (bicyclic) bond motifs is 2. The minimum atomic E-state index is -0.568. The number of hydrogen-bond acceptors (Lipinski definition) is 4. The second-order valence-corrected chi connectivity index (χ2v) is 6.14. The van der Waals surface area contributed by atoms with E-state index in [2.05, 4.69) is 0 Å². The summed E-state index contributed by atoms with van der Waals surface area (Å²) in [5.74, 6) is -1.03. The molecule has 0 spiro atoms. The summed E-state index contributed by atoms with van der Waals surface area (Å²) in [6.07, 6.45) is 0. The van der Waals surface area contributed by atoms with Crippen molar-refractivity contribution in [2.24, 2.45) is 0 Å². The van der Waals surface area contributed by atoms with Crippen molar-refractivity contribution < 1.29 is 19.1 Å². The molecule has 4 nitrogen and oxygen atoms in total. The van der Waals surface area contributed by atoms with Crippen LogP contribution in [0.3, 0.4) is 0 Å². The van der Waals surface area contributed by atoms with Gasteiger partial charge in [0.2, 0.25) is 0 Å². The van der Waals surface area contributed by atoms with Gasteiger partial charge in [-0.2, -0.15) is 0 Å². The summed E-state index contributed by atoms with van der Waals surface area (Å²) < 4.78 is 5.48. The number of carbonyl (C=O) groups is 3. The highest BCUT2D eigenvalue weighted by Crippen LogP contribution is 2.33. The van der Waals surface area contributed by atoms with Crippen molar-refractivity contribution in [3.8, 4) is 5.75 Å². The van der Waals surface area contributed by atoms with E-state index in [0.29, 0.717) is 16.7 Å². The maximum Gasteiger partial charge on any atom is 0.343 e. The Balaban J connectivity index is 1.78. The first kappa shape index (κ1) is 16.0. The summed E-state index contributed by atoms with van der Waals surface area (Å²) in [5.41, 5.74) is 2.39. The van der Waals surface area contributed by atoms with Crippen LogP contribution in [0.5, 0.6) is 5.75 Å². The van der Waals surface area contributed by atoms with Crippen LogP contribution in [0.25, 0.3) is 0 Å². The fraction of sp³-hybridized carbons (Fsp3) is 0.0455. The Morgan fingerprint density at radius 3 is 2.15 bits per heavy atom. The predicted octanol–water partition coefficient (Wildman–Crippen LogP) is 3.99. The van der Waals surface area contributed by atoms with Crippen LogP contribution in [0.1, 0.15) is 47.8 Å². The van der Waals surface area contributed by atoms with Gasteiger partial charge in [0.15, 0.2) is 11.6 Å². The molecular formula is C22H14O4. The zero-order chi connectivity index (χ0) is 18.3. The summed E-state index contributed by atoms with van der Waals surface area (Å²) >= 11 is 0. The molecule has 0 saturated heterocycles. The molecule has 0 N–H and O–H groups in total. The first-order valence-electron chi connectivity index (χ1n) is 8.16. The predicted molar refractivity (Wildman–Crippen MR) is 95.9 cm³/mol. The molecule has 4 heteroatoms. The smallest absolute Gasteiger partial charge is 0.343 e. The standard InChI is InChI=1S/C22H14O4/c1-13-6-4-7-14(12-13)22(25)26-18-11-5-10-17-19(18)21(24)16-9-3-2-8-15(16)20(17)23/h2-12H,1H3. The van der Waals surface area contributed by atoms with Crippen molar-refractivity contribution in [1.82, 2.24) is 0 Å². The van der Waals surface area contributed by atoms with Gasteiger partial charge in [-0.1, -0.05) is 54.1 Å². The lowest BCUT2D eigenvalue weighted by atomic mass is 9.83. The monoisotopic (exact) mass is 342 g/mol. The van der Waals surface area contributed by atoms with E-state index >= 15 is 0 Å². The third-order valence-corrected chi connectivity index (χ3v) is 4.37. The summed E-state index contributed by atoms with van der Waals surface area (Å²) in [5, 5.41) is 0. The van der Waals surface area contributed by atoms with E-state index in [9.17, 15) is 14.4 Å². The van der Waals surface area contributed by atoms with E-state index in [1.165, 1.54) is 6.07 Å². The van der Waals surface area contributed by atoms with Crippen molar-refractivity contribution in [1.29, 1.82) is 0 Å². The average Bonchev–Trinajstić information content (AvgIpc) is 2.66. The number of carbonyl (C=O) groups excluding carboxylic acids is 3. The Morgan fingerprint density at radius 2 is 1.42 bits per heavy atom. The van der Waals surface area contributed by atoms with Gasteiger partial charge in [0, 0.05) is 16.7 Å². The van der Waals surface area contributed by atoms with E-state index < -0.39 is 5.97 Å². The molecule has 26 heavy (non-hydrogen) atoms. The molecule has 3 aromatic carbocycles. The molecule has 0 fully saturated rings. The van der Waals surface area contributed by atoms with Gasteiger partial charge >= 0.3 is 5.97 Å². The molecule has 0 unspecified atom stereocenters. The minimum Gasteiger partial charge on any atom is -0.422 e. The van der Waals surface area contributed by atoms with Crippen molar-refractivity contribution in [3.63, 3.8) is 0 Å². The molecule has 0 heterocycles. The van der Waals surface area contributed by atoms with Crippen LogP contribution in [0.4, 0.5) is 0 Å². The van der Waals surface area contributed by atoms with Gasteiger partial charge < -0.3 is 4.74 Å². The highest BCUT2D eigenvalue weighted by atomic mass is 16.5. The molecule has 0 atom stereocenters. The maximum absolute atomic E-state index is 12.9. The van der Waals surface area contributed by atoms with E-state index in [0.717, 1.165) is 5.56 Å². The maximum atomic E-state index is 12.9. The lowest BCUT2D eigenvalue weighted by Gasteiger charge is -2.19. The summed E-state index contributed by atoms with van der Waals surface area (Å²) in [4.78, 5) is 38.1. The van der Waals surface area contributed by atoms with Crippen molar-refractivity contribution >= 4 is 17.5 Å². The van der Waals surface area contributed by atoms with Crippen molar-refractivity contribution in [3.05, 3.63) is 100 Å². The van der Waals surface area contributed by atoms with Crippen LogP contribution in [-0.4, -0.2) is 17.5 Å². The molecule has 0 bridgehead atoms. The number of hydrogen-bond donors (Lipinski definition) is 0. The van der Waals surface area contributed by atoms with Crippen molar-refractivity contribution in [2.75, 3.05) is 0 Å². The van der Waals surface area contributed by atoms with Crippen LogP contribution in [0.15, 0.2) is 66.7 Å². The second kappa shape index (κ2) is 6.08. The summed E-state index contributed by atoms with van der Waals surface area (Å²) in [6.45, 7) is 1.88. The molecule has 1 aliphatic rings. The molecule has 4 rings (SSSR count). The Hall–Kier alpha value is -3.53. The zero-order valence-electron chi connectivity index (χ0n) is 14.0. The van der Waals surface area contributed by atoms with Crippen LogP contribution in [0.2, 0.25) is 0 Å². The van der Waals surface area contributed by atoms with Crippen LogP contribution >= 0.6 is 0 Å². The highest BCUT2D eigenvalue weighted by Gasteiger charge is 2.32. The lowest BCUT2D eigenvalue weighted by molar-refractivity contribution is 0.0731. The molecule has 0 aromatic heterocycles. The third kappa shape index (κ3) is 2.52. The topological polar surface area (TPSA) is 60.4 Å². The van der Waals surface area contributed by atoms with Crippen LogP contribution in [-0.2, 0) is 0 Å². The molecule has 0 radical (unpaired) electrons. The number of benzene rings is 3. The van der Waals surface area contributed by atoms with Crippen LogP contribution < -0.4 is 4.74 Å². The second-order valence-electron chi connectivity index (χ2n) is 6.14. The van der Waals surface area contributed by atoms with E-state index in [4.69, 9.17) is 4.74 Å². The Kier molecular flexibility index (Phi) is 3.73. The Bertz CT molecular complexity index is 1080. The fourth-order valence-corrected chi connectivity index (χ4v) is 3.13. The van der Waals surface area contributed by atoms with E-state index in [1.807, 2.05) is 13.0 Å². The molecule has 1 aliphatic carbocycles. The molecule has 0 saturated carbocycles. The largest absolute Gasteiger partial charge is 0.422 e. The summed E-state index contributed by atoms with van der Waals surface area (Å²) in [6, 6.07) is 18.4. The molecule has 0 amide bonds. The van der Waals surface area contributed by atoms with Crippen LogP contribution in [0, 0.1) is 6.92 Å². The first-order valence-corrected chi connectivity index (χ1v) is 8.16. The van der Waals surface area contributed by atoms with Gasteiger partial charge in [-0.3, -0.25) is 9.59 Å². The molecule has 126 valence electrons. The fourth-order valence-electron chi connectivity index (χ4n) is 3.13.